The van der Waals surface area contributed by atoms with Crippen LogP contribution in [0.15, 0.2) is 12.4 Å². The summed E-state index contributed by atoms with van der Waals surface area (Å²) in [5, 5.41) is 0. The second kappa shape index (κ2) is 12.5. The maximum absolute atomic E-state index is 4.31. The van der Waals surface area contributed by atoms with Crippen LogP contribution < -0.4 is 0 Å². The third-order valence-corrected chi connectivity index (χ3v) is 6.54. The van der Waals surface area contributed by atoms with Gasteiger partial charge in [-0.05, 0) is 37.0 Å². The first-order valence-corrected chi connectivity index (χ1v) is 11.3. The molecule has 0 aromatic carbocycles. The van der Waals surface area contributed by atoms with E-state index in [4.69, 9.17) is 0 Å². The summed E-state index contributed by atoms with van der Waals surface area (Å²) in [6.45, 7) is 4.82. The zero-order chi connectivity index (χ0) is 17.7. The van der Waals surface area contributed by atoms with Crippen molar-refractivity contribution in [3.05, 3.63) is 18.2 Å². The molecular formula is C23H42N2. The zero-order valence-electron chi connectivity index (χ0n) is 16.9. The molecule has 1 unspecified atom stereocenters. The molecule has 1 aromatic rings. The lowest BCUT2D eigenvalue weighted by molar-refractivity contribution is 0.196. The van der Waals surface area contributed by atoms with Crippen LogP contribution in [0.1, 0.15) is 110 Å². The summed E-state index contributed by atoms with van der Waals surface area (Å²) in [5.74, 6) is 4.16. The monoisotopic (exact) mass is 346 g/mol. The molecular weight excluding hydrogens is 304 g/mol. The van der Waals surface area contributed by atoms with E-state index in [-0.39, 0.29) is 0 Å². The summed E-state index contributed by atoms with van der Waals surface area (Å²) in [7, 11) is 0. The van der Waals surface area contributed by atoms with Crippen molar-refractivity contribution in [2.45, 2.75) is 110 Å². The molecule has 144 valence electrons. The molecule has 1 atom stereocenters. The molecule has 0 bridgehead atoms. The Balaban J connectivity index is 1.47. The highest BCUT2D eigenvalue weighted by molar-refractivity contribution is 4.86. The van der Waals surface area contributed by atoms with Crippen molar-refractivity contribution >= 4 is 0 Å². The fourth-order valence-corrected chi connectivity index (χ4v) is 4.69. The number of aromatic nitrogens is 2. The molecule has 1 N–H and O–H groups in total. The van der Waals surface area contributed by atoms with Gasteiger partial charge in [-0.1, -0.05) is 84.5 Å². The molecule has 0 spiro atoms. The molecule has 2 rings (SSSR count). The van der Waals surface area contributed by atoms with E-state index in [9.17, 15) is 0 Å². The van der Waals surface area contributed by atoms with Gasteiger partial charge in [0.15, 0.2) is 0 Å². The van der Waals surface area contributed by atoms with Gasteiger partial charge in [0, 0.05) is 18.8 Å². The van der Waals surface area contributed by atoms with Crippen LogP contribution in [-0.2, 0) is 6.42 Å². The molecule has 0 amide bonds. The number of nitrogens with one attached hydrogen (secondary N) is 1. The Labute approximate surface area is 156 Å². The highest BCUT2D eigenvalue weighted by Crippen LogP contribution is 2.37. The third kappa shape index (κ3) is 8.42. The molecule has 0 aliphatic heterocycles. The van der Waals surface area contributed by atoms with Crippen LogP contribution in [-0.4, -0.2) is 9.97 Å². The Hall–Kier alpha value is -0.790. The Morgan fingerprint density at radius 3 is 2.48 bits per heavy atom. The predicted molar refractivity (Wildman–Crippen MR) is 109 cm³/mol. The molecule has 0 radical (unpaired) electrons. The molecule has 1 fully saturated rings. The first-order valence-electron chi connectivity index (χ1n) is 11.3. The van der Waals surface area contributed by atoms with Crippen LogP contribution in [0.5, 0.6) is 0 Å². The van der Waals surface area contributed by atoms with Crippen LogP contribution in [0.2, 0.25) is 0 Å². The number of aryl methyl sites for hydroxylation is 1. The Morgan fingerprint density at radius 2 is 1.76 bits per heavy atom. The van der Waals surface area contributed by atoms with E-state index >= 15 is 0 Å². The van der Waals surface area contributed by atoms with E-state index < -0.39 is 0 Å². The second-order valence-electron chi connectivity index (χ2n) is 8.60. The number of hydrogen-bond acceptors (Lipinski definition) is 1. The van der Waals surface area contributed by atoms with Crippen LogP contribution in [0, 0.1) is 17.8 Å². The van der Waals surface area contributed by atoms with E-state index in [0.717, 1.165) is 30.0 Å². The average molecular weight is 347 g/mol. The number of nitrogens with zero attached hydrogens (tertiary/aromatic N) is 1. The van der Waals surface area contributed by atoms with Crippen molar-refractivity contribution in [2.24, 2.45) is 17.8 Å². The topological polar surface area (TPSA) is 28.7 Å². The number of aromatic amines is 1. The first kappa shape index (κ1) is 20.5. The van der Waals surface area contributed by atoms with Crippen molar-refractivity contribution in [1.82, 2.24) is 9.97 Å². The average Bonchev–Trinajstić information content (AvgIpc) is 3.15. The summed E-state index contributed by atoms with van der Waals surface area (Å²) in [6, 6.07) is 0. The highest BCUT2D eigenvalue weighted by atomic mass is 14.9. The molecule has 1 aromatic heterocycles. The van der Waals surface area contributed by atoms with Gasteiger partial charge < -0.3 is 4.98 Å². The van der Waals surface area contributed by atoms with Crippen molar-refractivity contribution in [3.63, 3.8) is 0 Å². The summed E-state index contributed by atoms with van der Waals surface area (Å²) in [6.07, 6.45) is 25.2. The number of hydrogen-bond donors (Lipinski definition) is 1. The lowest BCUT2D eigenvalue weighted by atomic mass is 9.74. The number of H-pyrrole nitrogens is 1. The van der Waals surface area contributed by atoms with Gasteiger partial charge in [-0.25, -0.2) is 4.98 Å². The molecule has 1 heterocycles. The quantitative estimate of drug-likeness (QED) is 0.372. The third-order valence-electron chi connectivity index (χ3n) is 6.54. The standard InChI is InChI=1S/C23H42N2/c1-3-4-5-6-9-12-21-14-16-22(17-15-21)20(2)11-8-7-10-13-23-24-18-19-25-23/h18-22H,3-17H2,1-2H3,(H,24,25). The maximum atomic E-state index is 4.31. The fraction of sp³-hybridized carbons (Fsp3) is 0.870. The van der Waals surface area contributed by atoms with Crippen molar-refractivity contribution in [3.8, 4) is 0 Å². The van der Waals surface area contributed by atoms with Crippen molar-refractivity contribution in [1.29, 1.82) is 0 Å². The number of rotatable bonds is 13. The summed E-state index contributed by atoms with van der Waals surface area (Å²) < 4.78 is 0. The van der Waals surface area contributed by atoms with Crippen LogP contribution >= 0.6 is 0 Å². The van der Waals surface area contributed by atoms with E-state index in [0.29, 0.717) is 0 Å². The van der Waals surface area contributed by atoms with Crippen LogP contribution in [0.25, 0.3) is 0 Å². The molecule has 25 heavy (non-hydrogen) atoms. The molecule has 1 aliphatic carbocycles. The van der Waals surface area contributed by atoms with Crippen molar-refractivity contribution < 1.29 is 0 Å². The van der Waals surface area contributed by atoms with E-state index in [1.165, 1.54) is 89.9 Å². The fourth-order valence-electron chi connectivity index (χ4n) is 4.69. The van der Waals surface area contributed by atoms with Gasteiger partial charge in [0.05, 0.1) is 0 Å². The smallest absolute Gasteiger partial charge is 0.105 e. The molecule has 2 heteroatoms. The minimum absolute atomic E-state index is 0.939. The maximum Gasteiger partial charge on any atom is 0.105 e. The van der Waals surface area contributed by atoms with Gasteiger partial charge in [0.2, 0.25) is 0 Å². The molecule has 0 saturated heterocycles. The largest absolute Gasteiger partial charge is 0.349 e. The zero-order valence-corrected chi connectivity index (χ0v) is 16.9. The number of imidazole rings is 1. The van der Waals surface area contributed by atoms with E-state index in [1.54, 1.807) is 0 Å². The van der Waals surface area contributed by atoms with Gasteiger partial charge in [-0.2, -0.15) is 0 Å². The molecule has 1 saturated carbocycles. The summed E-state index contributed by atoms with van der Waals surface area (Å²) in [4.78, 5) is 7.52. The Morgan fingerprint density at radius 1 is 1.00 bits per heavy atom. The SMILES string of the molecule is CCCCCCCC1CCC(C(C)CCCCCc2ncc[nH]2)CC1. The molecule has 1 aliphatic rings. The van der Waals surface area contributed by atoms with E-state index in [2.05, 4.69) is 23.8 Å². The molecule has 2 nitrogen and oxygen atoms in total. The minimum Gasteiger partial charge on any atom is -0.349 e. The normalized spacial score (nSPS) is 22.2. The van der Waals surface area contributed by atoms with Crippen molar-refractivity contribution in [2.75, 3.05) is 0 Å². The van der Waals surface area contributed by atoms with E-state index in [1.807, 2.05) is 12.4 Å². The van der Waals surface area contributed by atoms with Gasteiger partial charge in [-0.3, -0.25) is 0 Å². The van der Waals surface area contributed by atoms with Gasteiger partial charge in [0.1, 0.15) is 5.82 Å². The lowest BCUT2D eigenvalue weighted by Gasteiger charge is -2.32. The summed E-state index contributed by atoms with van der Waals surface area (Å²) in [5.41, 5.74) is 0. The van der Waals surface area contributed by atoms with Gasteiger partial charge in [-0.15, -0.1) is 0 Å². The Bertz CT molecular complexity index is 404. The van der Waals surface area contributed by atoms with Gasteiger partial charge in [0.25, 0.3) is 0 Å². The number of unbranched alkanes of at least 4 members (excludes halogenated alkanes) is 6. The van der Waals surface area contributed by atoms with Gasteiger partial charge >= 0.3 is 0 Å². The van der Waals surface area contributed by atoms with Crippen LogP contribution in [0.3, 0.4) is 0 Å². The first-order chi connectivity index (χ1) is 12.3. The second-order valence-corrected chi connectivity index (χ2v) is 8.60. The predicted octanol–water partition coefficient (Wildman–Crippen LogP) is 7.32. The highest BCUT2D eigenvalue weighted by Gasteiger charge is 2.24. The van der Waals surface area contributed by atoms with Crippen LogP contribution in [0.4, 0.5) is 0 Å². The Kier molecular flexibility index (Phi) is 10.3. The summed E-state index contributed by atoms with van der Waals surface area (Å²) >= 11 is 0. The lowest BCUT2D eigenvalue weighted by Crippen LogP contribution is -2.20. The minimum atomic E-state index is 0.939.